The van der Waals surface area contributed by atoms with Crippen LogP contribution in [0.1, 0.15) is 42.0 Å². The monoisotopic (exact) mass is 522 g/mol. The third-order valence-corrected chi connectivity index (χ3v) is 6.89. The number of aliphatic carboxylic acids is 1. The smallest absolute Gasteiger partial charge is 0.320 e. The van der Waals surface area contributed by atoms with Crippen molar-refractivity contribution in [1.82, 2.24) is 0 Å². The van der Waals surface area contributed by atoms with E-state index in [9.17, 15) is 13.2 Å². The summed E-state index contributed by atoms with van der Waals surface area (Å²) in [6.45, 7) is 0. The Morgan fingerprint density at radius 3 is 2.08 bits per heavy atom. The van der Waals surface area contributed by atoms with E-state index in [0.717, 1.165) is 5.41 Å². The molecule has 2 rings (SSSR count). The summed E-state index contributed by atoms with van der Waals surface area (Å²) in [7, 11) is 2.26. The first-order valence-electron chi connectivity index (χ1n) is 11.2. The van der Waals surface area contributed by atoms with Crippen LogP contribution in [0.25, 0.3) is 6.08 Å². The number of carboxylic acids is 1. The van der Waals surface area contributed by atoms with Gasteiger partial charge in [0.15, 0.2) is 9.84 Å². The average Bonchev–Trinajstić information content (AvgIpc) is 2.86. The number of methoxy groups -OCH3 is 4. The first kappa shape index (κ1) is 29.0. The molecule has 0 heterocycles. The summed E-state index contributed by atoms with van der Waals surface area (Å²) in [5, 5.41) is 10.0. The molecule has 0 aliphatic rings. The van der Waals surface area contributed by atoms with Crippen molar-refractivity contribution in [3.05, 3.63) is 52.4 Å². The Balaban J connectivity index is 2.24. The fraction of sp³-hybridized carbons (Fsp3) is 0.400. The first-order chi connectivity index (χ1) is 17.0. The van der Waals surface area contributed by atoms with Gasteiger partial charge in [-0.15, -0.1) is 0 Å². The topological polar surface area (TPSA) is 160 Å². The van der Waals surface area contributed by atoms with Crippen molar-refractivity contribution in [2.75, 3.05) is 28.4 Å². The molecule has 36 heavy (non-hydrogen) atoms. The quantitative estimate of drug-likeness (QED) is 0.336. The Morgan fingerprint density at radius 2 is 1.56 bits per heavy atom. The predicted molar refractivity (Wildman–Crippen MR) is 137 cm³/mol. The van der Waals surface area contributed by atoms with E-state index in [4.69, 9.17) is 35.5 Å². The Bertz CT molecular complexity index is 1160. The second-order valence-corrected chi connectivity index (χ2v) is 10.0. The molecule has 11 heteroatoms. The van der Waals surface area contributed by atoms with Crippen LogP contribution in [0, 0.1) is 0 Å². The molecule has 2 atom stereocenters. The number of carbonyl (C=O) groups is 1. The van der Waals surface area contributed by atoms with Gasteiger partial charge in [0.2, 0.25) is 0 Å². The summed E-state index contributed by atoms with van der Waals surface area (Å²) < 4.78 is 47.2. The summed E-state index contributed by atoms with van der Waals surface area (Å²) in [5.74, 6) is 0.505. The van der Waals surface area contributed by atoms with Crippen molar-refractivity contribution in [2.24, 2.45) is 11.5 Å². The van der Waals surface area contributed by atoms with Gasteiger partial charge in [-0.1, -0.05) is 6.07 Å². The highest BCUT2D eigenvalue weighted by Gasteiger charge is 2.18. The number of hydrogen-bond acceptors (Lipinski definition) is 9. The zero-order valence-corrected chi connectivity index (χ0v) is 21.7. The molecular weight excluding hydrogens is 488 g/mol. The van der Waals surface area contributed by atoms with Gasteiger partial charge in [-0.2, -0.15) is 0 Å². The highest BCUT2D eigenvalue weighted by Crippen LogP contribution is 2.35. The van der Waals surface area contributed by atoms with E-state index in [-0.39, 0.29) is 12.2 Å². The number of ether oxygens (including phenoxy) is 4. The highest BCUT2D eigenvalue weighted by molar-refractivity contribution is 7.93. The Kier molecular flexibility index (Phi) is 10.6. The lowest BCUT2D eigenvalue weighted by molar-refractivity contribution is -0.138. The van der Waals surface area contributed by atoms with Gasteiger partial charge in [-0.25, -0.2) is 8.42 Å². The normalized spacial score (nSPS) is 13.3. The molecule has 10 nitrogen and oxygen atoms in total. The maximum absolute atomic E-state index is 12.9. The molecule has 0 aliphatic carbocycles. The molecule has 0 spiro atoms. The van der Waals surface area contributed by atoms with E-state index in [2.05, 4.69) is 0 Å². The average molecular weight is 523 g/mol. The van der Waals surface area contributed by atoms with E-state index >= 15 is 0 Å². The number of carboxylic acid groups (broad SMARTS) is 1. The van der Waals surface area contributed by atoms with Crippen LogP contribution < -0.4 is 30.4 Å². The fourth-order valence-corrected chi connectivity index (χ4v) is 4.73. The summed E-state index contributed by atoms with van der Waals surface area (Å²) >= 11 is 0. The molecule has 5 N–H and O–H groups in total. The Morgan fingerprint density at radius 1 is 0.944 bits per heavy atom. The Hall–Kier alpha value is -3.28. The SMILES string of the molecule is COc1cc(OC)c(/C=C/S(=O)(=O)Cc2ccc(OC)c(C(N)CCC[C@@H](N)C(=O)O)c2)c(OC)c1. The number of nitrogens with two attached hydrogens (primary N) is 2. The van der Waals surface area contributed by atoms with E-state index in [1.807, 2.05) is 0 Å². The molecule has 2 aromatic carbocycles. The van der Waals surface area contributed by atoms with Crippen molar-refractivity contribution in [3.8, 4) is 23.0 Å². The molecule has 198 valence electrons. The zero-order chi connectivity index (χ0) is 26.9. The van der Waals surface area contributed by atoms with Crippen molar-refractivity contribution in [2.45, 2.75) is 37.1 Å². The third kappa shape index (κ3) is 7.87. The molecule has 0 aliphatic heterocycles. The van der Waals surface area contributed by atoms with E-state index < -0.39 is 27.9 Å². The Labute approximate surface area is 211 Å². The van der Waals surface area contributed by atoms with Gasteiger partial charge in [-0.05, 0) is 43.0 Å². The molecule has 2 aromatic rings. The van der Waals surface area contributed by atoms with Crippen LogP contribution in [0.15, 0.2) is 35.7 Å². The highest BCUT2D eigenvalue weighted by atomic mass is 32.2. The lowest BCUT2D eigenvalue weighted by atomic mass is 9.98. The standard InChI is InChI=1S/C25H34N2O8S/c1-32-17-13-23(34-3)18(24(14-17)35-4)10-11-36(30,31)15-16-8-9-22(33-2)19(12-16)20(26)6-5-7-21(27)25(28)29/h8-14,20-21H,5-7,15,26-27H2,1-4H3,(H,28,29)/b11-10+/t20?,21-/m1/s1. The number of rotatable bonds is 14. The van der Waals surface area contributed by atoms with Crippen molar-refractivity contribution >= 4 is 21.9 Å². The lowest BCUT2D eigenvalue weighted by Crippen LogP contribution is -2.30. The molecular formula is C25H34N2O8S. The number of sulfone groups is 1. The second kappa shape index (κ2) is 13.1. The minimum atomic E-state index is -3.68. The van der Waals surface area contributed by atoms with Gasteiger partial charge in [0, 0.05) is 29.1 Å². The van der Waals surface area contributed by atoms with Crippen LogP contribution in [0.5, 0.6) is 23.0 Å². The van der Waals surface area contributed by atoms with Crippen LogP contribution >= 0.6 is 0 Å². The number of benzene rings is 2. The molecule has 0 radical (unpaired) electrons. The minimum absolute atomic E-state index is 0.266. The van der Waals surface area contributed by atoms with Gasteiger partial charge >= 0.3 is 5.97 Å². The van der Waals surface area contributed by atoms with Crippen molar-refractivity contribution in [1.29, 1.82) is 0 Å². The molecule has 0 bridgehead atoms. The minimum Gasteiger partial charge on any atom is -0.496 e. The van der Waals surface area contributed by atoms with E-state index in [1.165, 1.54) is 34.5 Å². The van der Waals surface area contributed by atoms with Crippen molar-refractivity contribution < 1.29 is 37.3 Å². The molecule has 0 amide bonds. The zero-order valence-electron chi connectivity index (χ0n) is 20.9. The second-order valence-electron chi connectivity index (χ2n) is 8.11. The van der Waals surface area contributed by atoms with Crippen molar-refractivity contribution in [3.63, 3.8) is 0 Å². The summed E-state index contributed by atoms with van der Waals surface area (Å²) in [6.07, 6.45) is 2.66. The van der Waals surface area contributed by atoms with Crippen LogP contribution in [0.3, 0.4) is 0 Å². The maximum Gasteiger partial charge on any atom is 0.320 e. The molecule has 0 aromatic heterocycles. The molecule has 0 saturated carbocycles. The molecule has 0 fully saturated rings. The predicted octanol–water partition coefficient (Wildman–Crippen LogP) is 2.89. The fourth-order valence-electron chi connectivity index (χ4n) is 3.65. The molecule has 0 saturated heterocycles. The maximum atomic E-state index is 12.9. The largest absolute Gasteiger partial charge is 0.496 e. The van der Waals surface area contributed by atoms with E-state index in [0.29, 0.717) is 52.5 Å². The van der Waals surface area contributed by atoms with Gasteiger partial charge < -0.3 is 35.5 Å². The summed E-state index contributed by atoms with van der Waals surface area (Å²) in [4.78, 5) is 10.9. The summed E-state index contributed by atoms with van der Waals surface area (Å²) in [5.41, 5.74) is 13.5. The van der Waals surface area contributed by atoms with E-state index in [1.54, 1.807) is 30.3 Å². The third-order valence-electron chi connectivity index (χ3n) is 5.60. The number of hydrogen-bond donors (Lipinski definition) is 3. The van der Waals surface area contributed by atoms with Crippen LogP contribution in [0.4, 0.5) is 0 Å². The first-order valence-corrected chi connectivity index (χ1v) is 12.9. The summed E-state index contributed by atoms with van der Waals surface area (Å²) in [6, 6.07) is 6.86. The lowest BCUT2D eigenvalue weighted by Gasteiger charge is -2.17. The van der Waals surface area contributed by atoms with Crippen LogP contribution in [-0.2, 0) is 20.4 Å². The van der Waals surface area contributed by atoms with Gasteiger partial charge in [0.25, 0.3) is 0 Å². The van der Waals surface area contributed by atoms with Crippen LogP contribution in [-0.4, -0.2) is 54.0 Å². The van der Waals surface area contributed by atoms with Gasteiger partial charge in [-0.3, -0.25) is 4.79 Å². The molecule has 1 unspecified atom stereocenters. The van der Waals surface area contributed by atoms with Gasteiger partial charge in [0.05, 0.1) is 39.8 Å². The van der Waals surface area contributed by atoms with Gasteiger partial charge in [0.1, 0.15) is 29.0 Å². The van der Waals surface area contributed by atoms with Crippen LogP contribution in [0.2, 0.25) is 0 Å².